The maximum atomic E-state index is 11.9. The van der Waals surface area contributed by atoms with Gasteiger partial charge in [-0.15, -0.1) is 0 Å². The molecule has 0 aliphatic carbocycles. The summed E-state index contributed by atoms with van der Waals surface area (Å²) in [7, 11) is 1.57. The number of rotatable bonds is 5. The summed E-state index contributed by atoms with van der Waals surface area (Å²) >= 11 is 0. The number of aliphatic hydroxyl groups is 1. The van der Waals surface area contributed by atoms with Crippen molar-refractivity contribution >= 4 is 11.9 Å². The maximum absolute atomic E-state index is 11.9. The van der Waals surface area contributed by atoms with Crippen molar-refractivity contribution in [1.82, 2.24) is 16.0 Å². The van der Waals surface area contributed by atoms with Crippen molar-refractivity contribution in [2.45, 2.75) is 31.4 Å². The molecule has 3 amide bonds. The number of carbonyl (C=O) groups excluding carboxylic acids is 2. The average molecular weight is 321 g/mol. The van der Waals surface area contributed by atoms with E-state index in [0.29, 0.717) is 24.3 Å². The summed E-state index contributed by atoms with van der Waals surface area (Å²) in [5.41, 5.74) is 0.679. The van der Waals surface area contributed by atoms with E-state index in [0.717, 1.165) is 12.8 Å². The number of hydrogen-bond acceptors (Lipinski definition) is 4. The monoisotopic (exact) mass is 321 g/mol. The highest BCUT2D eigenvalue weighted by molar-refractivity contribution is 5.87. The molecule has 1 aliphatic heterocycles. The molecule has 1 fully saturated rings. The quantitative estimate of drug-likeness (QED) is 0.641. The summed E-state index contributed by atoms with van der Waals surface area (Å²) in [5, 5.41) is 18.1. The third-order valence-electron chi connectivity index (χ3n) is 3.80. The van der Waals surface area contributed by atoms with E-state index < -0.39 is 18.2 Å². The third-order valence-corrected chi connectivity index (χ3v) is 3.80. The summed E-state index contributed by atoms with van der Waals surface area (Å²) in [6.45, 7) is 0.710. The van der Waals surface area contributed by atoms with Crippen LogP contribution in [0.2, 0.25) is 0 Å². The molecule has 0 unspecified atom stereocenters. The van der Waals surface area contributed by atoms with E-state index in [4.69, 9.17) is 4.74 Å². The SMILES string of the molecule is COc1ccc([C@@H](O)CNC(=O)N[C@H]2CCCCNC2=O)cc1. The number of ether oxygens (including phenoxy) is 1. The van der Waals surface area contributed by atoms with Crippen LogP contribution in [0.15, 0.2) is 24.3 Å². The molecule has 2 rings (SSSR count). The summed E-state index contributed by atoms with van der Waals surface area (Å²) in [4.78, 5) is 23.6. The van der Waals surface area contributed by atoms with Crippen LogP contribution in [0.5, 0.6) is 5.75 Å². The molecule has 0 saturated carbocycles. The van der Waals surface area contributed by atoms with Crippen LogP contribution in [0.25, 0.3) is 0 Å². The highest BCUT2D eigenvalue weighted by atomic mass is 16.5. The van der Waals surface area contributed by atoms with Gasteiger partial charge in [-0.25, -0.2) is 4.79 Å². The third kappa shape index (κ3) is 5.14. The summed E-state index contributed by atoms with van der Waals surface area (Å²) in [5.74, 6) is 0.541. The van der Waals surface area contributed by atoms with Gasteiger partial charge in [0, 0.05) is 13.1 Å². The molecule has 0 aromatic heterocycles. The Morgan fingerprint density at radius 1 is 1.39 bits per heavy atom. The molecular formula is C16H23N3O4. The van der Waals surface area contributed by atoms with Gasteiger partial charge < -0.3 is 25.8 Å². The number of urea groups is 1. The normalized spacial score (nSPS) is 19.2. The van der Waals surface area contributed by atoms with Crippen molar-refractivity contribution in [3.8, 4) is 5.75 Å². The van der Waals surface area contributed by atoms with Gasteiger partial charge in [0.25, 0.3) is 0 Å². The van der Waals surface area contributed by atoms with Crippen molar-refractivity contribution in [3.63, 3.8) is 0 Å². The average Bonchev–Trinajstić information content (AvgIpc) is 2.77. The van der Waals surface area contributed by atoms with E-state index in [1.165, 1.54) is 0 Å². The Morgan fingerprint density at radius 2 is 2.13 bits per heavy atom. The zero-order valence-electron chi connectivity index (χ0n) is 13.2. The second-order valence-electron chi connectivity index (χ2n) is 5.48. The minimum Gasteiger partial charge on any atom is -0.497 e. The standard InChI is InChI=1S/C16H23N3O4/c1-23-12-7-5-11(6-8-12)14(20)10-18-16(22)19-13-4-2-3-9-17-15(13)21/h5-8,13-14,20H,2-4,9-10H2,1H3,(H,17,21)(H2,18,19,22)/t13-,14-/m0/s1. The molecule has 7 nitrogen and oxygen atoms in total. The Morgan fingerprint density at radius 3 is 2.83 bits per heavy atom. The lowest BCUT2D eigenvalue weighted by Crippen LogP contribution is -2.49. The van der Waals surface area contributed by atoms with Crippen LogP contribution in [0, 0.1) is 0 Å². The van der Waals surface area contributed by atoms with Crippen molar-refractivity contribution in [2.75, 3.05) is 20.2 Å². The maximum Gasteiger partial charge on any atom is 0.315 e. The molecule has 0 radical (unpaired) electrons. The van der Waals surface area contributed by atoms with Crippen molar-refractivity contribution in [1.29, 1.82) is 0 Å². The fraction of sp³-hybridized carbons (Fsp3) is 0.500. The van der Waals surface area contributed by atoms with E-state index in [1.54, 1.807) is 31.4 Å². The van der Waals surface area contributed by atoms with Gasteiger partial charge in [0.05, 0.1) is 13.2 Å². The molecule has 4 N–H and O–H groups in total. The van der Waals surface area contributed by atoms with E-state index in [1.807, 2.05) is 0 Å². The van der Waals surface area contributed by atoms with Crippen LogP contribution >= 0.6 is 0 Å². The number of benzene rings is 1. The molecule has 2 atom stereocenters. The first-order valence-corrected chi connectivity index (χ1v) is 7.74. The Hall–Kier alpha value is -2.28. The van der Waals surface area contributed by atoms with Crippen LogP contribution < -0.4 is 20.7 Å². The molecule has 126 valence electrons. The molecule has 1 aromatic rings. The minimum absolute atomic E-state index is 0.0620. The first-order valence-electron chi connectivity index (χ1n) is 7.74. The van der Waals surface area contributed by atoms with Gasteiger partial charge in [0.2, 0.25) is 5.91 Å². The Kier molecular flexibility index (Phi) is 6.22. The number of methoxy groups -OCH3 is 1. The zero-order chi connectivity index (χ0) is 16.7. The molecule has 23 heavy (non-hydrogen) atoms. The molecular weight excluding hydrogens is 298 g/mol. The Balaban J connectivity index is 1.79. The number of carbonyl (C=O) groups is 2. The molecule has 1 heterocycles. The van der Waals surface area contributed by atoms with Crippen LogP contribution in [0.1, 0.15) is 30.9 Å². The highest BCUT2D eigenvalue weighted by Gasteiger charge is 2.22. The smallest absolute Gasteiger partial charge is 0.315 e. The van der Waals surface area contributed by atoms with E-state index >= 15 is 0 Å². The second-order valence-corrected chi connectivity index (χ2v) is 5.48. The van der Waals surface area contributed by atoms with Gasteiger partial charge in [-0.3, -0.25) is 4.79 Å². The van der Waals surface area contributed by atoms with E-state index in [-0.39, 0.29) is 12.5 Å². The van der Waals surface area contributed by atoms with Gasteiger partial charge in [0.15, 0.2) is 0 Å². The molecule has 1 aliphatic rings. The predicted molar refractivity (Wildman–Crippen MR) is 85.1 cm³/mol. The van der Waals surface area contributed by atoms with Crippen LogP contribution in [-0.2, 0) is 4.79 Å². The number of hydrogen-bond donors (Lipinski definition) is 4. The van der Waals surface area contributed by atoms with E-state index in [9.17, 15) is 14.7 Å². The van der Waals surface area contributed by atoms with Crippen LogP contribution in [0.4, 0.5) is 4.79 Å². The van der Waals surface area contributed by atoms with Gasteiger partial charge >= 0.3 is 6.03 Å². The molecule has 7 heteroatoms. The van der Waals surface area contributed by atoms with Crippen LogP contribution in [0.3, 0.4) is 0 Å². The van der Waals surface area contributed by atoms with Gasteiger partial charge in [0.1, 0.15) is 11.8 Å². The Bertz CT molecular complexity index is 533. The van der Waals surface area contributed by atoms with Gasteiger partial charge in [-0.2, -0.15) is 0 Å². The molecule has 1 saturated heterocycles. The first kappa shape index (κ1) is 17.1. The lowest BCUT2D eigenvalue weighted by atomic mass is 10.1. The zero-order valence-corrected chi connectivity index (χ0v) is 13.2. The largest absolute Gasteiger partial charge is 0.497 e. The molecule has 0 bridgehead atoms. The van der Waals surface area contributed by atoms with Crippen molar-refractivity contribution in [2.24, 2.45) is 0 Å². The predicted octanol–water partition coefficient (Wildman–Crippen LogP) is 0.696. The number of amides is 3. The number of nitrogens with one attached hydrogen (secondary N) is 3. The van der Waals surface area contributed by atoms with Crippen molar-refractivity contribution in [3.05, 3.63) is 29.8 Å². The Labute approximate surface area is 135 Å². The lowest BCUT2D eigenvalue weighted by Gasteiger charge is -2.17. The molecule has 0 spiro atoms. The summed E-state index contributed by atoms with van der Waals surface area (Å²) < 4.78 is 5.05. The van der Waals surface area contributed by atoms with Gasteiger partial charge in [-0.05, 0) is 37.0 Å². The topological polar surface area (TPSA) is 99.7 Å². The highest BCUT2D eigenvalue weighted by Crippen LogP contribution is 2.16. The first-order chi connectivity index (χ1) is 11.1. The van der Waals surface area contributed by atoms with Crippen LogP contribution in [-0.4, -0.2) is 43.3 Å². The summed E-state index contributed by atoms with van der Waals surface area (Å²) in [6, 6.07) is 5.99. The lowest BCUT2D eigenvalue weighted by molar-refractivity contribution is -0.122. The fourth-order valence-electron chi connectivity index (χ4n) is 2.42. The van der Waals surface area contributed by atoms with Crippen molar-refractivity contribution < 1.29 is 19.4 Å². The number of aliphatic hydroxyl groups excluding tert-OH is 1. The van der Waals surface area contributed by atoms with E-state index in [2.05, 4.69) is 16.0 Å². The summed E-state index contributed by atoms with van der Waals surface area (Å²) in [6.07, 6.45) is 1.61. The van der Waals surface area contributed by atoms with Gasteiger partial charge in [-0.1, -0.05) is 12.1 Å². The minimum atomic E-state index is -0.824. The fourth-order valence-corrected chi connectivity index (χ4v) is 2.42. The molecule has 1 aromatic carbocycles. The second kappa shape index (κ2) is 8.38.